The second-order valence-electron chi connectivity index (χ2n) is 2.42. The van der Waals surface area contributed by atoms with E-state index in [4.69, 9.17) is 4.74 Å². The van der Waals surface area contributed by atoms with E-state index in [2.05, 4.69) is 0 Å². The number of hydrogen-bond donors (Lipinski definition) is 1. The molecule has 0 atom stereocenters. The first-order valence-corrected chi connectivity index (χ1v) is 3.77. The Bertz CT molecular complexity index is 290. The number of aromatic hydroxyl groups is 1. The minimum atomic E-state index is 0.243. The van der Waals surface area contributed by atoms with Gasteiger partial charge in [-0.1, -0.05) is 12.2 Å². The number of rotatable bonds is 2. The van der Waals surface area contributed by atoms with Gasteiger partial charge in [0.2, 0.25) is 0 Å². The topological polar surface area (TPSA) is 29.5 Å². The number of phenols is 1. The number of benzene rings is 1. The summed E-state index contributed by atoms with van der Waals surface area (Å²) >= 11 is 0. The molecular weight excluding hydrogens is 152 g/mol. The molecule has 0 aromatic heterocycles. The number of phenolic OH excluding ortho intramolecular Hbond substituents is 1. The predicted octanol–water partition coefficient (Wildman–Crippen LogP) is 2.43. The highest BCUT2D eigenvalue weighted by Crippen LogP contribution is 2.24. The lowest BCUT2D eigenvalue weighted by Gasteiger charge is -2.02. The van der Waals surface area contributed by atoms with Gasteiger partial charge in [0.05, 0.1) is 7.11 Å². The fourth-order valence-corrected chi connectivity index (χ4v) is 0.971. The van der Waals surface area contributed by atoms with Gasteiger partial charge in [0.1, 0.15) is 11.5 Å². The molecule has 0 saturated carbocycles. The Morgan fingerprint density at radius 3 is 2.67 bits per heavy atom. The van der Waals surface area contributed by atoms with Crippen LogP contribution in [0.4, 0.5) is 0 Å². The van der Waals surface area contributed by atoms with Gasteiger partial charge in [0, 0.05) is 11.6 Å². The highest BCUT2D eigenvalue weighted by molar-refractivity contribution is 5.58. The van der Waals surface area contributed by atoms with E-state index in [1.165, 1.54) is 0 Å². The molecular formula is C10H12O2. The molecule has 0 aliphatic heterocycles. The fraction of sp³-hybridized carbons (Fsp3) is 0.200. The van der Waals surface area contributed by atoms with E-state index in [9.17, 15) is 5.11 Å². The number of hydrogen-bond acceptors (Lipinski definition) is 2. The first kappa shape index (κ1) is 8.65. The van der Waals surface area contributed by atoms with Crippen molar-refractivity contribution in [3.05, 3.63) is 29.8 Å². The van der Waals surface area contributed by atoms with Crippen LogP contribution in [0, 0.1) is 0 Å². The van der Waals surface area contributed by atoms with E-state index in [1.54, 1.807) is 13.2 Å². The zero-order valence-electron chi connectivity index (χ0n) is 7.24. The Kier molecular flexibility index (Phi) is 2.75. The number of allylic oxidation sites excluding steroid dienone is 1. The molecule has 1 aromatic rings. The van der Waals surface area contributed by atoms with Crippen molar-refractivity contribution in [1.82, 2.24) is 0 Å². The molecule has 2 heteroatoms. The number of methoxy groups -OCH3 is 1. The maximum Gasteiger partial charge on any atom is 0.126 e. The molecule has 12 heavy (non-hydrogen) atoms. The van der Waals surface area contributed by atoms with Crippen LogP contribution in [0.1, 0.15) is 12.5 Å². The van der Waals surface area contributed by atoms with Crippen LogP contribution in [0.3, 0.4) is 0 Å². The van der Waals surface area contributed by atoms with Crippen LogP contribution in [-0.4, -0.2) is 12.2 Å². The van der Waals surface area contributed by atoms with Gasteiger partial charge >= 0.3 is 0 Å². The fourth-order valence-electron chi connectivity index (χ4n) is 0.971. The average molecular weight is 164 g/mol. The molecule has 0 unspecified atom stereocenters. The smallest absolute Gasteiger partial charge is 0.126 e. The molecule has 0 bridgehead atoms. The van der Waals surface area contributed by atoms with Crippen molar-refractivity contribution in [2.45, 2.75) is 6.92 Å². The standard InChI is InChI=1S/C10H12O2/c1-3-4-8-5-6-9(12-2)7-10(8)11/h3-7,11H,1-2H3/b4-3-. The lowest BCUT2D eigenvalue weighted by Crippen LogP contribution is -1.82. The summed E-state index contributed by atoms with van der Waals surface area (Å²) in [7, 11) is 1.57. The van der Waals surface area contributed by atoms with E-state index < -0.39 is 0 Å². The molecule has 0 fully saturated rings. The van der Waals surface area contributed by atoms with Gasteiger partial charge in [-0.3, -0.25) is 0 Å². The summed E-state index contributed by atoms with van der Waals surface area (Å²) in [6, 6.07) is 5.22. The van der Waals surface area contributed by atoms with Crippen molar-refractivity contribution in [1.29, 1.82) is 0 Å². The summed E-state index contributed by atoms with van der Waals surface area (Å²) in [5, 5.41) is 9.42. The van der Waals surface area contributed by atoms with Crippen LogP contribution in [-0.2, 0) is 0 Å². The van der Waals surface area contributed by atoms with Crippen molar-refractivity contribution < 1.29 is 9.84 Å². The highest BCUT2D eigenvalue weighted by atomic mass is 16.5. The Morgan fingerprint density at radius 1 is 1.42 bits per heavy atom. The van der Waals surface area contributed by atoms with Crippen molar-refractivity contribution in [2.75, 3.05) is 7.11 Å². The lowest BCUT2D eigenvalue weighted by atomic mass is 10.2. The Hall–Kier alpha value is -1.44. The van der Waals surface area contributed by atoms with Crippen LogP contribution in [0.2, 0.25) is 0 Å². The SMILES string of the molecule is C/C=C\c1ccc(OC)cc1O. The molecule has 0 spiro atoms. The summed E-state index contributed by atoms with van der Waals surface area (Å²) in [6.07, 6.45) is 3.72. The zero-order chi connectivity index (χ0) is 8.97. The van der Waals surface area contributed by atoms with E-state index in [1.807, 2.05) is 31.2 Å². The van der Waals surface area contributed by atoms with E-state index in [0.717, 1.165) is 5.56 Å². The highest BCUT2D eigenvalue weighted by Gasteiger charge is 1.98. The summed E-state index contributed by atoms with van der Waals surface area (Å²) in [4.78, 5) is 0. The third kappa shape index (κ3) is 1.78. The Morgan fingerprint density at radius 2 is 2.17 bits per heavy atom. The first-order chi connectivity index (χ1) is 5.77. The van der Waals surface area contributed by atoms with Gasteiger partial charge < -0.3 is 9.84 Å². The summed E-state index contributed by atoms with van der Waals surface area (Å²) in [5.74, 6) is 0.910. The monoisotopic (exact) mass is 164 g/mol. The van der Waals surface area contributed by atoms with Crippen molar-refractivity contribution in [3.63, 3.8) is 0 Å². The molecule has 0 saturated heterocycles. The molecule has 1 rings (SSSR count). The normalized spacial score (nSPS) is 10.5. The molecule has 1 aromatic carbocycles. The lowest BCUT2D eigenvalue weighted by molar-refractivity contribution is 0.407. The van der Waals surface area contributed by atoms with Gasteiger partial charge in [0.15, 0.2) is 0 Å². The quantitative estimate of drug-likeness (QED) is 0.727. The second-order valence-corrected chi connectivity index (χ2v) is 2.42. The van der Waals surface area contributed by atoms with Crippen LogP contribution in [0.15, 0.2) is 24.3 Å². The number of ether oxygens (including phenoxy) is 1. The van der Waals surface area contributed by atoms with Gasteiger partial charge in [-0.15, -0.1) is 0 Å². The third-order valence-corrected chi connectivity index (χ3v) is 1.58. The Balaban J connectivity index is 3.03. The predicted molar refractivity (Wildman–Crippen MR) is 49.4 cm³/mol. The minimum absolute atomic E-state index is 0.243. The van der Waals surface area contributed by atoms with E-state index in [-0.39, 0.29) is 5.75 Å². The van der Waals surface area contributed by atoms with Gasteiger partial charge in [-0.25, -0.2) is 0 Å². The van der Waals surface area contributed by atoms with Crippen LogP contribution in [0.5, 0.6) is 11.5 Å². The summed E-state index contributed by atoms with van der Waals surface area (Å²) in [6.45, 7) is 1.91. The van der Waals surface area contributed by atoms with Gasteiger partial charge in [0.25, 0.3) is 0 Å². The Labute approximate surface area is 72.1 Å². The molecule has 0 amide bonds. The van der Waals surface area contributed by atoms with Crippen molar-refractivity contribution in [2.24, 2.45) is 0 Å². The van der Waals surface area contributed by atoms with Crippen LogP contribution in [0.25, 0.3) is 6.08 Å². The molecule has 64 valence electrons. The van der Waals surface area contributed by atoms with Gasteiger partial charge in [-0.05, 0) is 19.1 Å². The van der Waals surface area contributed by atoms with E-state index >= 15 is 0 Å². The molecule has 0 aliphatic rings. The van der Waals surface area contributed by atoms with Crippen LogP contribution >= 0.6 is 0 Å². The maximum absolute atomic E-state index is 9.42. The minimum Gasteiger partial charge on any atom is -0.507 e. The largest absolute Gasteiger partial charge is 0.507 e. The molecule has 0 aliphatic carbocycles. The molecule has 2 nitrogen and oxygen atoms in total. The molecule has 0 radical (unpaired) electrons. The average Bonchev–Trinajstić information content (AvgIpc) is 2.09. The zero-order valence-corrected chi connectivity index (χ0v) is 7.24. The van der Waals surface area contributed by atoms with Crippen LogP contribution < -0.4 is 4.74 Å². The van der Waals surface area contributed by atoms with Gasteiger partial charge in [-0.2, -0.15) is 0 Å². The van der Waals surface area contributed by atoms with E-state index in [0.29, 0.717) is 5.75 Å². The van der Waals surface area contributed by atoms with Crippen molar-refractivity contribution in [3.8, 4) is 11.5 Å². The van der Waals surface area contributed by atoms with Crippen molar-refractivity contribution >= 4 is 6.08 Å². The molecule has 0 heterocycles. The third-order valence-electron chi connectivity index (χ3n) is 1.58. The summed E-state index contributed by atoms with van der Waals surface area (Å²) < 4.78 is 4.94. The maximum atomic E-state index is 9.42. The summed E-state index contributed by atoms with van der Waals surface area (Å²) in [5.41, 5.74) is 0.804. The molecule has 1 N–H and O–H groups in total. The first-order valence-electron chi connectivity index (χ1n) is 3.77. The second kappa shape index (κ2) is 3.81.